The lowest BCUT2D eigenvalue weighted by Crippen LogP contribution is -2.06. The average molecular weight is 317 g/mol. The van der Waals surface area contributed by atoms with Gasteiger partial charge in [-0.05, 0) is 30.4 Å². The van der Waals surface area contributed by atoms with Crippen LogP contribution in [0.1, 0.15) is 16.1 Å². The number of nitrogens with zero attached hydrogens (tertiary/aromatic N) is 3. The molecule has 7 heteroatoms. The molecule has 0 aliphatic heterocycles. The van der Waals surface area contributed by atoms with Crippen LogP contribution in [-0.4, -0.2) is 48.2 Å². The molecule has 0 bridgehead atoms. The van der Waals surface area contributed by atoms with E-state index in [9.17, 15) is 4.79 Å². The molecule has 0 saturated heterocycles. The monoisotopic (exact) mass is 317 g/mol. The number of carbonyl (C=O) groups is 1. The summed E-state index contributed by atoms with van der Waals surface area (Å²) >= 11 is 0. The van der Waals surface area contributed by atoms with Crippen molar-refractivity contribution in [2.45, 2.75) is 0 Å². The number of hydrogen-bond acceptors (Lipinski definition) is 6. The van der Waals surface area contributed by atoms with Crippen molar-refractivity contribution in [3.8, 4) is 11.5 Å². The summed E-state index contributed by atoms with van der Waals surface area (Å²) < 4.78 is 15.7. The molecule has 0 aliphatic carbocycles. The molecule has 1 heterocycles. The molecule has 0 spiro atoms. The van der Waals surface area contributed by atoms with Crippen LogP contribution in [0.4, 0.5) is 0 Å². The Balaban J connectivity index is 2.09. The number of benzene rings is 1. The molecule has 0 radical (unpaired) electrons. The van der Waals surface area contributed by atoms with Gasteiger partial charge in [0, 0.05) is 19.7 Å². The Morgan fingerprint density at radius 3 is 2.74 bits per heavy atom. The quantitative estimate of drug-likeness (QED) is 0.419. The topological polar surface area (TPSA) is 75.5 Å². The third kappa shape index (κ3) is 4.65. The lowest BCUT2D eigenvalue weighted by molar-refractivity contribution is 0.104. The van der Waals surface area contributed by atoms with Crippen LogP contribution in [0.5, 0.6) is 11.5 Å². The first-order valence-corrected chi connectivity index (χ1v) is 7.02. The van der Waals surface area contributed by atoms with Gasteiger partial charge in [0.15, 0.2) is 17.3 Å². The number of methoxy groups -OCH3 is 2. The van der Waals surface area contributed by atoms with Gasteiger partial charge in [0.2, 0.25) is 0 Å². The van der Waals surface area contributed by atoms with Crippen LogP contribution < -0.4 is 9.47 Å². The van der Waals surface area contributed by atoms with Gasteiger partial charge in [-0.3, -0.25) is 4.79 Å². The number of hydrogen-bond donors (Lipinski definition) is 0. The third-order valence-corrected chi connectivity index (χ3v) is 3.02. The fourth-order valence-corrected chi connectivity index (χ4v) is 1.87. The smallest absolute Gasteiger partial charge is 0.186 e. The SMILES string of the molecule is COCCOc1ccc(C(=O)/C=C/c2cnn(C)n2)cc1OC. The summed E-state index contributed by atoms with van der Waals surface area (Å²) in [6.07, 6.45) is 4.64. The Labute approximate surface area is 134 Å². The number of ketones is 1. The standard InChI is InChI=1S/C16H19N3O4/c1-19-17-11-13(18-19)5-6-14(20)12-4-7-15(16(10-12)22-3)23-9-8-21-2/h4-7,10-11H,8-9H2,1-3H3/b6-5+. The molecular formula is C16H19N3O4. The summed E-state index contributed by atoms with van der Waals surface area (Å²) in [5, 5.41) is 8.01. The van der Waals surface area contributed by atoms with E-state index < -0.39 is 0 Å². The summed E-state index contributed by atoms with van der Waals surface area (Å²) in [6, 6.07) is 5.04. The van der Waals surface area contributed by atoms with Crippen molar-refractivity contribution < 1.29 is 19.0 Å². The van der Waals surface area contributed by atoms with E-state index in [4.69, 9.17) is 14.2 Å². The van der Waals surface area contributed by atoms with Crippen LogP contribution in [0, 0.1) is 0 Å². The lowest BCUT2D eigenvalue weighted by atomic mass is 10.1. The fourth-order valence-electron chi connectivity index (χ4n) is 1.87. The van der Waals surface area contributed by atoms with Crippen LogP contribution >= 0.6 is 0 Å². The minimum atomic E-state index is -0.155. The Morgan fingerprint density at radius 1 is 1.26 bits per heavy atom. The van der Waals surface area contributed by atoms with Gasteiger partial charge >= 0.3 is 0 Å². The molecular weight excluding hydrogens is 298 g/mol. The Morgan fingerprint density at radius 2 is 2.09 bits per heavy atom. The van der Waals surface area contributed by atoms with Crippen LogP contribution in [-0.2, 0) is 11.8 Å². The van der Waals surface area contributed by atoms with E-state index in [1.165, 1.54) is 18.0 Å². The second-order valence-corrected chi connectivity index (χ2v) is 4.66. The summed E-state index contributed by atoms with van der Waals surface area (Å²) in [5.74, 6) is 0.913. The molecule has 0 atom stereocenters. The van der Waals surface area contributed by atoms with E-state index >= 15 is 0 Å². The zero-order chi connectivity index (χ0) is 16.7. The number of ether oxygens (including phenoxy) is 3. The first-order valence-electron chi connectivity index (χ1n) is 7.02. The first-order chi connectivity index (χ1) is 11.1. The molecule has 7 nitrogen and oxygen atoms in total. The molecule has 2 aromatic rings. The molecule has 0 N–H and O–H groups in total. The molecule has 23 heavy (non-hydrogen) atoms. The maximum atomic E-state index is 12.2. The fraction of sp³-hybridized carbons (Fsp3) is 0.312. The molecule has 0 saturated carbocycles. The highest BCUT2D eigenvalue weighted by atomic mass is 16.5. The molecule has 122 valence electrons. The largest absolute Gasteiger partial charge is 0.493 e. The van der Waals surface area contributed by atoms with Crippen molar-refractivity contribution in [2.75, 3.05) is 27.4 Å². The normalized spacial score (nSPS) is 10.9. The Hall–Kier alpha value is -2.67. The number of allylic oxidation sites excluding steroid dienone is 1. The summed E-state index contributed by atoms with van der Waals surface area (Å²) in [6.45, 7) is 0.886. The Bertz CT molecular complexity index is 694. The Kier molecular flexibility index (Phi) is 5.87. The summed E-state index contributed by atoms with van der Waals surface area (Å²) in [5.41, 5.74) is 1.12. The second kappa shape index (κ2) is 8.09. The van der Waals surface area contributed by atoms with E-state index in [2.05, 4.69) is 10.2 Å². The van der Waals surface area contributed by atoms with E-state index in [1.54, 1.807) is 44.6 Å². The maximum absolute atomic E-state index is 12.2. The summed E-state index contributed by atoms with van der Waals surface area (Å²) in [7, 11) is 4.85. The van der Waals surface area contributed by atoms with Gasteiger partial charge in [0.1, 0.15) is 12.3 Å². The van der Waals surface area contributed by atoms with Gasteiger partial charge in [0.05, 0.1) is 19.9 Å². The molecule has 2 rings (SSSR count). The molecule has 0 aliphatic rings. The molecule has 1 aromatic heterocycles. The van der Waals surface area contributed by atoms with E-state index in [0.29, 0.717) is 36.0 Å². The third-order valence-electron chi connectivity index (χ3n) is 3.02. The first kappa shape index (κ1) is 16.7. The van der Waals surface area contributed by atoms with Crippen molar-refractivity contribution in [2.24, 2.45) is 7.05 Å². The zero-order valence-electron chi connectivity index (χ0n) is 13.4. The van der Waals surface area contributed by atoms with Crippen molar-refractivity contribution in [3.05, 3.63) is 41.7 Å². The van der Waals surface area contributed by atoms with Crippen molar-refractivity contribution in [1.82, 2.24) is 15.0 Å². The highest BCUT2D eigenvalue weighted by Crippen LogP contribution is 2.28. The second-order valence-electron chi connectivity index (χ2n) is 4.66. The number of rotatable bonds is 8. The van der Waals surface area contributed by atoms with Gasteiger partial charge in [-0.15, -0.1) is 0 Å². The lowest BCUT2D eigenvalue weighted by Gasteiger charge is -2.11. The maximum Gasteiger partial charge on any atom is 0.186 e. The van der Waals surface area contributed by atoms with Crippen molar-refractivity contribution in [3.63, 3.8) is 0 Å². The van der Waals surface area contributed by atoms with Crippen molar-refractivity contribution in [1.29, 1.82) is 0 Å². The van der Waals surface area contributed by atoms with Gasteiger partial charge in [0.25, 0.3) is 0 Å². The highest BCUT2D eigenvalue weighted by Gasteiger charge is 2.09. The van der Waals surface area contributed by atoms with Crippen LogP contribution in [0.15, 0.2) is 30.5 Å². The molecule has 0 amide bonds. The van der Waals surface area contributed by atoms with Crippen LogP contribution in [0.2, 0.25) is 0 Å². The van der Waals surface area contributed by atoms with Gasteiger partial charge < -0.3 is 14.2 Å². The summed E-state index contributed by atoms with van der Waals surface area (Å²) in [4.78, 5) is 13.6. The van der Waals surface area contributed by atoms with Crippen molar-refractivity contribution >= 4 is 11.9 Å². The van der Waals surface area contributed by atoms with E-state index in [1.807, 2.05) is 0 Å². The minimum Gasteiger partial charge on any atom is -0.493 e. The predicted molar refractivity (Wildman–Crippen MR) is 84.7 cm³/mol. The van der Waals surface area contributed by atoms with Gasteiger partial charge in [-0.25, -0.2) is 0 Å². The molecule has 0 unspecified atom stereocenters. The predicted octanol–water partition coefficient (Wildman–Crippen LogP) is 1.75. The molecule has 1 aromatic carbocycles. The van der Waals surface area contributed by atoms with Crippen LogP contribution in [0.3, 0.4) is 0 Å². The van der Waals surface area contributed by atoms with Gasteiger partial charge in [-0.1, -0.05) is 0 Å². The number of aromatic nitrogens is 3. The van der Waals surface area contributed by atoms with Gasteiger partial charge in [-0.2, -0.15) is 15.0 Å². The highest BCUT2D eigenvalue weighted by molar-refractivity contribution is 6.07. The average Bonchev–Trinajstić information content (AvgIpc) is 2.98. The zero-order valence-corrected chi connectivity index (χ0v) is 13.4. The van der Waals surface area contributed by atoms with E-state index in [-0.39, 0.29) is 5.78 Å². The number of carbonyl (C=O) groups excluding carboxylic acids is 1. The molecule has 0 fully saturated rings. The van der Waals surface area contributed by atoms with Crippen LogP contribution in [0.25, 0.3) is 6.08 Å². The van der Waals surface area contributed by atoms with E-state index in [0.717, 1.165) is 0 Å². The minimum absolute atomic E-state index is 0.155. The number of aryl methyl sites for hydroxylation is 1.